The predicted octanol–water partition coefficient (Wildman–Crippen LogP) is 11.8. The maximum absolute atomic E-state index is 6.62. The Labute approximate surface area is 309 Å². The van der Waals surface area contributed by atoms with Crippen LogP contribution in [0.3, 0.4) is 0 Å². The van der Waals surface area contributed by atoms with Crippen LogP contribution in [0.5, 0.6) is 0 Å². The summed E-state index contributed by atoms with van der Waals surface area (Å²) in [6.07, 6.45) is 3.67. The zero-order chi connectivity index (χ0) is 33.3. The molecule has 0 fully saturated rings. The fourth-order valence-electron chi connectivity index (χ4n) is 6.80. The molecule has 6 aromatic carbocycles. The van der Waals surface area contributed by atoms with E-state index in [0.717, 1.165) is 72.3 Å². The molecule has 0 N–H and O–H groups in total. The minimum Gasteiger partial charge on any atom is -0.455 e. The van der Waals surface area contributed by atoms with Crippen LogP contribution in [0, 0.1) is 12.1 Å². The van der Waals surface area contributed by atoms with Gasteiger partial charge in [0.2, 0.25) is 0 Å². The van der Waals surface area contributed by atoms with Crippen LogP contribution in [0.4, 0.5) is 0 Å². The second-order valence-corrected chi connectivity index (χ2v) is 12.0. The number of nitrogens with zero attached hydrogens (tertiary/aromatic N) is 3. The first kappa shape index (κ1) is 32.1. The van der Waals surface area contributed by atoms with E-state index in [-0.39, 0.29) is 20.1 Å². The summed E-state index contributed by atoms with van der Waals surface area (Å²) in [4.78, 5) is 8.90. The summed E-state index contributed by atoms with van der Waals surface area (Å²) in [5.41, 5.74) is 11.2. The molecule has 245 valence electrons. The molecule has 4 heterocycles. The maximum atomic E-state index is 6.62. The van der Waals surface area contributed by atoms with Gasteiger partial charge in [-0.3, -0.25) is 0 Å². The van der Waals surface area contributed by atoms with Crippen LogP contribution in [0.1, 0.15) is 0 Å². The van der Waals surface area contributed by atoms with Gasteiger partial charge in [0, 0.05) is 65.3 Å². The second-order valence-electron chi connectivity index (χ2n) is 12.0. The third-order valence-electron chi connectivity index (χ3n) is 9.00. The molecule has 10 rings (SSSR count). The first-order valence-electron chi connectivity index (χ1n) is 16.6. The minimum atomic E-state index is 0. The third-order valence-corrected chi connectivity index (χ3v) is 9.00. The first-order chi connectivity index (χ1) is 24.8. The standard InChI is InChI=1S/C35H21N2O.C11H8N.Ir/c1-3-11-23(12-4-1)29-21-24(19-20-36-29)33-34-27-16-7-9-17-30(27)37(25-13-5-2-6-14-25)31(34)22-28-26-15-8-10-18-32(26)38-35(28)33;1-2-6-10(7-3-1)11-8-4-5-9-12-11;/h1-11,13-22H;1-6,8-9H;/q2*-1;. The smallest absolute Gasteiger partial charge is 0.143 e. The van der Waals surface area contributed by atoms with Gasteiger partial charge in [0.25, 0.3) is 0 Å². The molecule has 5 heteroatoms. The molecule has 10 aromatic rings. The summed E-state index contributed by atoms with van der Waals surface area (Å²) >= 11 is 0. The number of fused-ring (bicyclic) bond motifs is 6. The number of hydrogen-bond donors (Lipinski definition) is 0. The van der Waals surface area contributed by atoms with Crippen LogP contribution < -0.4 is 0 Å². The van der Waals surface area contributed by atoms with Crippen molar-refractivity contribution in [1.82, 2.24) is 14.5 Å². The largest absolute Gasteiger partial charge is 0.455 e. The van der Waals surface area contributed by atoms with E-state index in [1.807, 2.05) is 85.1 Å². The molecule has 0 unspecified atom stereocenters. The summed E-state index contributed by atoms with van der Waals surface area (Å²) in [6.45, 7) is 0. The van der Waals surface area contributed by atoms with Crippen molar-refractivity contribution in [1.29, 1.82) is 0 Å². The molecule has 4 aromatic heterocycles. The molecule has 0 aliphatic rings. The Morgan fingerprint density at radius 1 is 0.510 bits per heavy atom. The molecule has 0 bridgehead atoms. The average Bonchev–Trinajstić information content (AvgIpc) is 3.74. The van der Waals surface area contributed by atoms with E-state index >= 15 is 0 Å². The van der Waals surface area contributed by atoms with E-state index in [0.29, 0.717) is 0 Å². The number of hydrogen-bond acceptors (Lipinski definition) is 3. The van der Waals surface area contributed by atoms with Crippen molar-refractivity contribution in [2.24, 2.45) is 0 Å². The van der Waals surface area contributed by atoms with Gasteiger partial charge in [-0.15, -0.1) is 71.8 Å². The number of aromatic nitrogens is 3. The van der Waals surface area contributed by atoms with E-state index < -0.39 is 0 Å². The number of pyridine rings is 2. The molecule has 0 aliphatic carbocycles. The molecule has 0 spiro atoms. The van der Waals surface area contributed by atoms with Gasteiger partial charge in [-0.25, -0.2) is 0 Å². The molecule has 0 aliphatic heterocycles. The van der Waals surface area contributed by atoms with Gasteiger partial charge in [0.15, 0.2) is 0 Å². The van der Waals surface area contributed by atoms with Crippen molar-refractivity contribution >= 4 is 43.7 Å². The Kier molecular flexibility index (Phi) is 8.81. The summed E-state index contributed by atoms with van der Waals surface area (Å²) < 4.78 is 8.98. The van der Waals surface area contributed by atoms with Crippen LogP contribution in [-0.4, -0.2) is 14.5 Å². The summed E-state index contributed by atoms with van der Waals surface area (Å²) in [5.74, 6) is 0. The number of rotatable bonds is 4. The van der Waals surface area contributed by atoms with Crippen molar-refractivity contribution in [2.75, 3.05) is 0 Å². The van der Waals surface area contributed by atoms with Gasteiger partial charge in [-0.1, -0.05) is 72.8 Å². The van der Waals surface area contributed by atoms with Crippen molar-refractivity contribution in [3.05, 3.63) is 188 Å². The Morgan fingerprint density at radius 2 is 1.18 bits per heavy atom. The van der Waals surface area contributed by atoms with E-state index in [2.05, 4.69) is 112 Å². The molecule has 0 amide bonds. The van der Waals surface area contributed by atoms with Gasteiger partial charge in [0.05, 0.1) is 11.0 Å². The van der Waals surface area contributed by atoms with E-state index in [1.54, 1.807) is 6.20 Å². The minimum absolute atomic E-state index is 0. The molecule has 0 saturated heterocycles. The third kappa shape index (κ3) is 5.93. The van der Waals surface area contributed by atoms with Crippen LogP contribution in [0.25, 0.3) is 83.1 Å². The topological polar surface area (TPSA) is 43.9 Å². The van der Waals surface area contributed by atoms with E-state index in [1.165, 1.54) is 10.8 Å². The average molecular weight is 832 g/mol. The fraction of sp³-hybridized carbons (Fsp3) is 0. The zero-order valence-corrected chi connectivity index (χ0v) is 29.7. The summed E-state index contributed by atoms with van der Waals surface area (Å²) in [6, 6.07) is 62.1. The first-order valence-corrected chi connectivity index (χ1v) is 16.6. The SMILES string of the molecule is [Ir].[c-]1ccccc1-c1cc(-c2c3oc4ccccc4c3cc3c2c2ccccc2n3-c2ccccc2)ccn1.[c-]1ccccc1-c1ccccn1. The van der Waals surface area contributed by atoms with Gasteiger partial charge in [0.1, 0.15) is 11.2 Å². The summed E-state index contributed by atoms with van der Waals surface area (Å²) in [5, 5.41) is 4.58. The predicted molar refractivity (Wildman–Crippen MR) is 204 cm³/mol. The van der Waals surface area contributed by atoms with Crippen LogP contribution in [-0.2, 0) is 20.1 Å². The van der Waals surface area contributed by atoms with Gasteiger partial charge in [-0.2, -0.15) is 0 Å². The fourth-order valence-corrected chi connectivity index (χ4v) is 6.80. The number of para-hydroxylation sites is 3. The Balaban J connectivity index is 0.000000245. The quantitative estimate of drug-likeness (QED) is 0.166. The van der Waals surface area contributed by atoms with Crippen LogP contribution in [0.2, 0.25) is 0 Å². The summed E-state index contributed by atoms with van der Waals surface area (Å²) in [7, 11) is 0. The molecule has 4 nitrogen and oxygen atoms in total. The van der Waals surface area contributed by atoms with Crippen molar-refractivity contribution in [3.8, 4) is 39.3 Å². The Bertz CT molecular complexity index is 2700. The van der Waals surface area contributed by atoms with Gasteiger partial charge in [-0.05, 0) is 59.4 Å². The molecular formula is C46H29IrN3O-2. The monoisotopic (exact) mass is 832 g/mol. The second kappa shape index (κ2) is 14.0. The zero-order valence-electron chi connectivity index (χ0n) is 27.3. The van der Waals surface area contributed by atoms with Crippen molar-refractivity contribution < 1.29 is 24.5 Å². The maximum Gasteiger partial charge on any atom is 0.143 e. The van der Waals surface area contributed by atoms with E-state index in [4.69, 9.17) is 4.42 Å². The molecule has 51 heavy (non-hydrogen) atoms. The molecule has 1 radical (unpaired) electrons. The van der Waals surface area contributed by atoms with E-state index in [9.17, 15) is 0 Å². The number of furan rings is 1. The Morgan fingerprint density at radius 3 is 1.92 bits per heavy atom. The van der Waals surface area contributed by atoms with Crippen molar-refractivity contribution in [2.45, 2.75) is 0 Å². The van der Waals surface area contributed by atoms with Gasteiger partial charge < -0.3 is 19.0 Å². The normalized spacial score (nSPS) is 11.0. The molecule has 0 saturated carbocycles. The van der Waals surface area contributed by atoms with Crippen molar-refractivity contribution in [3.63, 3.8) is 0 Å². The Hall–Kier alpha value is -6.13. The molecular weight excluding hydrogens is 803 g/mol. The number of benzene rings is 6. The molecule has 0 atom stereocenters. The van der Waals surface area contributed by atoms with Crippen LogP contribution >= 0.6 is 0 Å². The van der Waals surface area contributed by atoms with Gasteiger partial charge >= 0.3 is 0 Å². The van der Waals surface area contributed by atoms with Crippen LogP contribution in [0.15, 0.2) is 181 Å².